The van der Waals surface area contributed by atoms with Gasteiger partial charge in [-0.1, -0.05) is 18.2 Å². The van der Waals surface area contributed by atoms with Crippen LogP contribution in [0.1, 0.15) is 12.8 Å². The minimum Gasteiger partial charge on any atom is -0.418 e. The Morgan fingerprint density at radius 2 is 1.89 bits per heavy atom. The summed E-state index contributed by atoms with van der Waals surface area (Å²) < 4.78 is 7.97. The third kappa shape index (κ3) is 2.94. The van der Waals surface area contributed by atoms with Gasteiger partial charge >= 0.3 is 0 Å². The van der Waals surface area contributed by atoms with Crippen molar-refractivity contribution >= 4 is 28.1 Å². The Labute approximate surface area is 157 Å². The molecule has 0 spiro atoms. The zero-order valence-electron chi connectivity index (χ0n) is 15.4. The molecule has 1 saturated heterocycles. The molecular weight excluding hydrogens is 340 g/mol. The lowest BCUT2D eigenvalue weighted by Gasteiger charge is -2.15. The summed E-state index contributed by atoms with van der Waals surface area (Å²) in [5.74, 6) is 1.34. The van der Waals surface area contributed by atoms with E-state index in [0.717, 1.165) is 41.0 Å². The number of likely N-dealkylation sites (tertiary alicyclic amines) is 1. The van der Waals surface area contributed by atoms with Crippen LogP contribution in [0, 0.1) is 0 Å². The van der Waals surface area contributed by atoms with Crippen LogP contribution in [0.4, 0.5) is 5.82 Å². The number of nitrogens with zero attached hydrogens (tertiary/aromatic N) is 5. The van der Waals surface area contributed by atoms with Crippen LogP contribution in [0.3, 0.4) is 0 Å². The van der Waals surface area contributed by atoms with Crippen molar-refractivity contribution in [3.8, 4) is 11.5 Å². The molecule has 5 rings (SSSR count). The highest BCUT2D eigenvalue weighted by atomic mass is 16.4. The van der Waals surface area contributed by atoms with Crippen LogP contribution in [-0.4, -0.2) is 50.6 Å². The van der Waals surface area contributed by atoms with Crippen molar-refractivity contribution in [1.82, 2.24) is 24.4 Å². The van der Waals surface area contributed by atoms with Gasteiger partial charge in [-0.05, 0) is 38.1 Å². The quantitative estimate of drug-likeness (QED) is 0.587. The fourth-order valence-electron chi connectivity index (χ4n) is 3.75. The number of anilines is 1. The minimum absolute atomic E-state index is 0.536. The standard InChI is InChI=1S/C20H22N6O/c1-25-13-22-15-17(25)16-20(27-19(23-16)14-7-3-2-4-8-14)24-18(15)21-9-12-26-10-5-6-11-26/h2-4,7-8,13H,5-6,9-12H2,1H3,(H,21,24). The van der Waals surface area contributed by atoms with Gasteiger partial charge in [0.15, 0.2) is 11.3 Å². The molecule has 0 atom stereocenters. The van der Waals surface area contributed by atoms with Crippen molar-refractivity contribution in [2.24, 2.45) is 7.05 Å². The summed E-state index contributed by atoms with van der Waals surface area (Å²) >= 11 is 0. The molecule has 138 valence electrons. The summed E-state index contributed by atoms with van der Waals surface area (Å²) in [7, 11) is 1.97. The number of imidazole rings is 1. The second-order valence-electron chi connectivity index (χ2n) is 7.03. The molecule has 0 amide bonds. The van der Waals surface area contributed by atoms with Gasteiger partial charge in [0.05, 0.1) is 6.33 Å². The third-order valence-electron chi connectivity index (χ3n) is 5.15. The van der Waals surface area contributed by atoms with Gasteiger partial charge in [0.1, 0.15) is 11.0 Å². The van der Waals surface area contributed by atoms with Crippen molar-refractivity contribution in [2.45, 2.75) is 12.8 Å². The molecule has 1 fully saturated rings. The van der Waals surface area contributed by atoms with E-state index in [1.54, 1.807) is 6.33 Å². The second-order valence-corrected chi connectivity index (χ2v) is 7.03. The lowest BCUT2D eigenvalue weighted by atomic mass is 10.2. The van der Waals surface area contributed by atoms with Gasteiger partial charge in [-0.2, -0.15) is 4.98 Å². The number of pyridine rings is 1. The lowest BCUT2D eigenvalue weighted by Crippen LogP contribution is -2.26. The summed E-state index contributed by atoms with van der Waals surface area (Å²) in [5, 5.41) is 3.45. The van der Waals surface area contributed by atoms with Crippen molar-refractivity contribution < 1.29 is 4.42 Å². The lowest BCUT2D eigenvalue weighted by molar-refractivity contribution is 0.352. The number of aromatic nitrogens is 4. The van der Waals surface area contributed by atoms with E-state index in [1.165, 1.54) is 25.9 Å². The van der Waals surface area contributed by atoms with Crippen LogP contribution in [0.5, 0.6) is 0 Å². The maximum atomic E-state index is 5.99. The van der Waals surface area contributed by atoms with E-state index < -0.39 is 0 Å². The van der Waals surface area contributed by atoms with Crippen LogP contribution in [0.2, 0.25) is 0 Å². The van der Waals surface area contributed by atoms with E-state index >= 15 is 0 Å². The topological polar surface area (TPSA) is 72.0 Å². The Balaban J connectivity index is 1.52. The van der Waals surface area contributed by atoms with Gasteiger partial charge in [-0.3, -0.25) is 0 Å². The van der Waals surface area contributed by atoms with Gasteiger partial charge in [0.25, 0.3) is 5.71 Å². The zero-order valence-corrected chi connectivity index (χ0v) is 15.4. The van der Waals surface area contributed by atoms with E-state index in [9.17, 15) is 0 Å². The highest BCUT2D eigenvalue weighted by Gasteiger charge is 2.19. The van der Waals surface area contributed by atoms with Crippen molar-refractivity contribution in [3.63, 3.8) is 0 Å². The smallest absolute Gasteiger partial charge is 0.251 e. The highest BCUT2D eigenvalue weighted by Crippen LogP contribution is 2.31. The molecule has 3 aromatic heterocycles. The summed E-state index contributed by atoms with van der Waals surface area (Å²) in [5.41, 5.74) is 3.99. The van der Waals surface area contributed by atoms with Crippen LogP contribution in [0.15, 0.2) is 41.1 Å². The van der Waals surface area contributed by atoms with Crippen molar-refractivity contribution in [3.05, 3.63) is 36.7 Å². The van der Waals surface area contributed by atoms with E-state index in [4.69, 9.17) is 14.4 Å². The Morgan fingerprint density at radius 1 is 1.07 bits per heavy atom. The molecule has 1 aliphatic rings. The fourth-order valence-corrected chi connectivity index (χ4v) is 3.75. The van der Waals surface area contributed by atoms with Crippen LogP contribution in [-0.2, 0) is 7.05 Å². The average molecular weight is 362 g/mol. The molecule has 0 radical (unpaired) electrons. The molecular formula is C20H22N6O. The van der Waals surface area contributed by atoms with Crippen molar-refractivity contribution in [1.29, 1.82) is 0 Å². The minimum atomic E-state index is 0.536. The highest BCUT2D eigenvalue weighted by molar-refractivity contribution is 6.03. The summed E-state index contributed by atoms with van der Waals surface area (Å²) in [4.78, 5) is 16.4. The number of aryl methyl sites for hydroxylation is 1. The SMILES string of the molecule is Cn1cnc2c(NCCN3CCCC3)nc3oc(-c4ccccc4)nc3c21. The Bertz CT molecular complexity index is 1080. The molecule has 0 saturated carbocycles. The molecule has 1 N–H and O–H groups in total. The Kier molecular flexibility index (Phi) is 4.01. The normalized spacial score (nSPS) is 15.1. The summed E-state index contributed by atoms with van der Waals surface area (Å²) in [6.45, 7) is 4.23. The fraction of sp³-hybridized carbons (Fsp3) is 0.350. The molecule has 27 heavy (non-hydrogen) atoms. The number of benzene rings is 1. The molecule has 0 bridgehead atoms. The first-order valence-corrected chi connectivity index (χ1v) is 9.43. The average Bonchev–Trinajstić information content (AvgIpc) is 3.42. The maximum Gasteiger partial charge on any atom is 0.251 e. The molecule has 4 aromatic rings. The van der Waals surface area contributed by atoms with E-state index in [1.807, 2.05) is 41.9 Å². The van der Waals surface area contributed by atoms with Gasteiger partial charge in [-0.25, -0.2) is 9.97 Å². The first kappa shape index (κ1) is 16.3. The first-order chi connectivity index (χ1) is 13.3. The van der Waals surface area contributed by atoms with Crippen LogP contribution in [0.25, 0.3) is 33.7 Å². The van der Waals surface area contributed by atoms with Gasteiger partial charge < -0.3 is 19.2 Å². The van der Waals surface area contributed by atoms with Crippen LogP contribution >= 0.6 is 0 Å². The van der Waals surface area contributed by atoms with Crippen molar-refractivity contribution in [2.75, 3.05) is 31.5 Å². The van der Waals surface area contributed by atoms with Gasteiger partial charge in [0, 0.05) is 25.7 Å². The maximum absolute atomic E-state index is 5.99. The summed E-state index contributed by atoms with van der Waals surface area (Å²) in [6.07, 6.45) is 4.40. The molecule has 1 aliphatic heterocycles. The number of hydrogen-bond donors (Lipinski definition) is 1. The molecule has 0 aliphatic carbocycles. The first-order valence-electron chi connectivity index (χ1n) is 9.43. The van der Waals surface area contributed by atoms with Gasteiger partial charge in [0.2, 0.25) is 5.89 Å². The number of rotatable bonds is 5. The Hall–Kier alpha value is -2.93. The summed E-state index contributed by atoms with van der Waals surface area (Å²) in [6, 6.07) is 9.90. The molecule has 7 nitrogen and oxygen atoms in total. The predicted molar refractivity (Wildman–Crippen MR) is 106 cm³/mol. The van der Waals surface area contributed by atoms with Gasteiger partial charge in [-0.15, -0.1) is 0 Å². The molecule has 1 aromatic carbocycles. The largest absolute Gasteiger partial charge is 0.418 e. The monoisotopic (exact) mass is 362 g/mol. The number of hydrogen-bond acceptors (Lipinski definition) is 6. The molecule has 7 heteroatoms. The van der Waals surface area contributed by atoms with E-state index in [-0.39, 0.29) is 0 Å². The third-order valence-corrected chi connectivity index (χ3v) is 5.15. The number of oxazole rings is 1. The van der Waals surface area contributed by atoms with E-state index in [2.05, 4.69) is 15.2 Å². The Morgan fingerprint density at radius 3 is 2.70 bits per heavy atom. The number of fused-ring (bicyclic) bond motifs is 3. The van der Waals surface area contributed by atoms with Crippen LogP contribution < -0.4 is 5.32 Å². The molecule has 4 heterocycles. The van der Waals surface area contributed by atoms with E-state index in [0.29, 0.717) is 11.6 Å². The molecule has 0 unspecified atom stereocenters. The predicted octanol–water partition coefficient (Wildman–Crippen LogP) is 3.28. The zero-order chi connectivity index (χ0) is 18.2. The number of nitrogens with one attached hydrogen (secondary N) is 1. The second kappa shape index (κ2) is 6.66.